The fourth-order valence-corrected chi connectivity index (χ4v) is 2.03. The molecule has 1 amide bonds. The van der Waals surface area contributed by atoms with Gasteiger partial charge >= 0.3 is 0 Å². The molecule has 0 bridgehead atoms. The fraction of sp³-hybridized carbons (Fsp3) is 0.308. The molecule has 1 aliphatic carbocycles. The first kappa shape index (κ1) is 11.2. The van der Waals surface area contributed by atoms with Crippen LogP contribution in [0.1, 0.15) is 19.3 Å². The molecule has 0 saturated carbocycles. The van der Waals surface area contributed by atoms with Crippen molar-refractivity contribution >= 4 is 23.2 Å². The van der Waals surface area contributed by atoms with Crippen molar-refractivity contribution in [2.75, 3.05) is 5.32 Å². The summed E-state index contributed by atoms with van der Waals surface area (Å²) in [5.74, 6) is 0.190. The van der Waals surface area contributed by atoms with Crippen molar-refractivity contribution in [1.29, 1.82) is 0 Å². The lowest BCUT2D eigenvalue weighted by molar-refractivity contribution is -0.120. The number of allylic oxidation sites excluding steroid dienone is 2. The van der Waals surface area contributed by atoms with Crippen LogP contribution < -0.4 is 5.32 Å². The zero-order valence-electron chi connectivity index (χ0n) is 8.95. The van der Waals surface area contributed by atoms with Crippen LogP contribution in [0.5, 0.6) is 0 Å². The van der Waals surface area contributed by atoms with Gasteiger partial charge in [0.2, 0.25) is 5.91 Å². The number of carbonyl (C=O) groups excluding carboxylic acids is 1. The standard InChI is InChI=1S/C13H14ClNO/c14-11-7-4-8-12(9-11)15-13(16)10-5-2-1-3-6-10/h1-2,4,7-10H,3,5-6H2,(H,15,16)/t10-/m1/s1. The van der Waals surface area contributed by atoms with Crippen LogP contribution >= 0.6 is 11.6 Å². The number of halogens is 1. The topological polar surface area (TPSA) is 29.1 Å². The molecule has 1 N–H and O–H groups in total. The van der Waals surface area contributed by atoms with Gasteiger partial charge in [-0.1, -0.05) is 29.8 Å². The number of amides is 1. The molecule has 0 spiro atoms. The van der Waals surface area contributed by atoms with E-state index in [4.69, 9.17) is 11.6 Å². The van der Waals surface area contributed by atoms with Gasteiger partial charge in [0.1, 0.15) is 0 Å². The van der Waals surface area contributed by atoms with Gasteiger partial charge in [-0.2, -0.15) is 0 Å². The third kappa shape index (κ3) is 2.86. The highest BCUT2D eigenvalue weighted by Crippen LogP contribution is 2.21. The molecule has 0 unspecified atom stereocenters. The van der Waals surface area contributed by atoms with Crippen LogP contribution in [0.2, 0.25) is 5.02 Å². The molecule has 0 saturated heterocycles. The molecule has 0 heterocycles. The average Bonchev–Trinajstić information content (AvgIpc) is 2.30. The van der Waals surface area contributed by atoms with Crippen LogP contribution in [0.3, 0.4) is 0 Å². The van der Waals surface area contributed by atoms with Gasteiger partial charge in [0.25, 0.3) is 0 Å². The van der Waals surface area contributed by atoms with E-state index in [0.717, 1.165) is 24.9 Å². The Morgan fingerprint density at radius 2 is 2.25 bits per heavy atom. The van der Waals surface area contributed by atoms with Gasteiger partial charge in [0, 0.05) is 16.6 Å². The second-order valence-corrected chi connectivity index (χ2v) is 4.42. The van der Waals surface area contributed by atoms with Gasteiger partial charge in [-0.15, -0.1) is 0 Å². The van der Waals surface area contributed by atoms with Crippen LogP contribution in [0.15, 0.2) is 36.4 Å². The average molecular weight is 236 g/mol. The lowest BCUT2D eigenvalue weighted by atomic mass is 9.93. The summed E-state index contributed by atoms with van der Waals surface area (Å²) in [5, 5.41) is 3.54. The molecule has 1 aromatic carbocycles. The summed E-state index contributed by atoms with van der Waals surface area (Å²) in [6.45, 7) is 0. The van der Waals surface area contributed by atoms with E-state index in [1.165, 1.54) is 0 Å². The summed E-state index contributed by atoms with van der Waals surface area (Å²) in [7, 11) is 0. The van der Waals surface area contributed by atoms with Crippen LogP contribution in [-0.2, 0) is 4.79 Å². The molecule has 16 heavy (non-hydrogen) atoms. The minimum atomic E-state index is 0.0895. The normalized spacial score (nSPS) is 19.4. The summed E-state index contributed by atoms with van der Waals surface area (Å²) >= 11 is 5.85. The quantitative estimate of drug-likeness (QED) is 0.780. The summed E-state index contributed by atoms with van der Waals surface area (Å²) in [6, 6.07) is 7.24. The van der Waals surface area contributed by atoms with Gasteiger partial charge in [0.15, 0.2) is 0 Å². The summed E-state index contributed by atoms with van der Waals surface area (Å²) in [4.78, 5) is 11.9. The molecule has 2 nitrogen and oxygen atoms in total. The Bertz CT molecular complexity index is 414. The highest BCUT2D eigenvalue weighted by atomic mass is 35.5. The zero-order valence-corrected chi connectivity index (χ0v) is 9.70. The van der Waals surface area contributed by atoms with Crippen molar-refractivity contribution in [2.45, 2.75) is 19.3 Å². The third-order valence-corrected chi connectivity index (χ3v) is 2.97. The molecule has 0 aromatic heterocycles. The smallest absolute Gasteiger partial charge is 0.227 e. The van der Waals surface area contributed by atoms with Gasteiger partial charge in [-0.05, 0) is 37.5 Å². The number of carbonyl (C=O) groups is 1. The zero-order chi connectivity index (χ0) is 11.4. The summed E-state index contributed by atoms with van der Waals surface area (Å²) in [6.07, 6.45) is 6.97. The SMILES string of the molecule is O=C(Nc1cccc(Cl)c1)[C@@H]1CC=CCC1. The van der Waals surface area contributed by atoms with E-state index in [2.05, 4.69) is 17.5 Å². The maximum atomic E-state index is 11.9. The van der Waals surface area contributed by atoms with Crippen LogP contribution in [0, 0.1) is 5.92 Å². The lowest BCUT2D eigenvalue weighted by Gasteiger charge is -2.17. The first-order chi connectivity index (χ1) is 7.75. The Kier molecular flexibility index (Phi) is 3.62. The van der Waals surface area contributed by atoms with Crippen molar-refractivity contribution < 1.29 is 4.79 Å². The summed E-state index contributed by atoms with van der Waals surface area (Å²) in [5.41, 5.74) is 0.770. The van der Waals surface area contributed by atoms with E-state index in [0.29, 0.717) is 5.02 Å². The second kappa shape index (κ2) is 5.17. The number of hydrogen-bond acceptors (Lipinski definition) is 1. The molecule has 84 valence electrons. The Labute approximate surface area is 100 Å². The van der Waals surface area contributed by atoms with Crippen molar-refractivity contribution in [3.63, 3.8) is 0 Å². The van der Waals surface area contributed by atoms with Crippen LogP contribution in [0.25, 0.3) is 0 Å². The Balaban J connectivity index is 1.99. The van der Waals surface area contributed by atoms with Gasteiger partial charge in [0.05, 0.1) is 0 Å². The lowest BCUT2D eigenvalue weighted by Crippen LogP contribution is -2.23. The van der Waals surface area contributed by atoms with Gasteiger partial charge in [-0.25, -0.2) is 0 Å². The molecule has 1 aromatic rings. The summed E-state index contributed by atoms with van der Waals surface area (Å²) < 4.78 is 0. The van der Waals surface area contributed by atoms with Crippen molar-refractivity contribution in [2.24, 2.45) is 5.92 Å². The van der Waals surface area contributed by atoms with Crippen LogP contribution in [0.4, 0.5) is 5.69 Å². The largest absolute Gasteiger partial charge is 0.326 e. The maximum absolute atomic E-state index is 11.9. The predicted octanol–water partition coefficient (Wildman–Crippen LogP) is 3.63. The van der Waals surface area contributed by atoms with E-state index in [1.54, 1.807) is 12.1 Å². The fourth-order valence-electron chi connectivity index (χ4n) is 1.84. The minimum Gasteiger partial charge on any atom is -0.326 e. The molecule has 0 aliphatic heterocycles. The van der Waals surface area contributed by atoms with E-state index >= 15 is 0 Å². The van der Waals surface area contributed by atoms with Gasteiger partial charge < -0.3 is 5.32 Å². The van der Waals surface area contributed by atoms with Crippen LogP contribution in [-0.4, -0.2) is 5.91 Å². The number of benzene rings is 1. The number of rotatable bonds is 2. The first-order valence-electron chi connectivity index (χ1n) is 5.47. The second-order valence-electron chi connectivity index (χ2n) is 3.98. The highest BCUT2D eigenvalue weighted by Gasteiger charge is 2.18. The van der Waals surface area contributed by atoms with Crippen molar-refractivity contribution in [3.05, 3.63) is 41.4 Å². The van der Waals surface area contributed by atoms with E-state index in [-0.39, 0.29) is 11.8 Å². The molecular weight excluding hydrogens is 222 g/mol. The van der Waals surface area contributed by atoms with Crippen molar-refractivity contribution in [3.8, 4) is 0 Å². The molecule has 1 atom stereocenters. The number of nitrogens with one attached hydrogen (secondary N) is 1. The number of hydrogen-bond donors (Lipinski definition) is 1. The molecule has 0 fully saturated rings. The maximum Gasteiger partial charge on any atom is 0.227 e. The van der Waals surface area contributed by atoms with Gasteiger partial charge in [-0.3, -0.25) is 4.79 Å². The predicted molar refractivity (Wildman–Crippen MR) is 66.6 cm³/mol. The van der Waals surface area contributed by atoms with Crippen molar-refractivity contribution in [1.82, 2.24) is 0 Å². The minimum absolute atomic E-state index is 0.0895. The Morgan fingerprint density at radius 1 is 1.38 bits per heavy atom. The Morgan fingerprint density at radius 3 is 2.94 bits per heavy atom. The number of anilines is 1. The first-order valence-corrected chi connectivity index (χ1v) is 5.85. The molecule has 0 radical (unpaired) electrons. The molecular formula is C13H14ClNO. The van der Waals surface area contributed by atoms with E-state index in [1.807, 2.05) is 12.1 Å². The van der Waals surface area contributed by atoms with E-state index < -0.39 is 0 Å². The van der Waals surface area contributed by atoms with E-state index in [9.17, 15) is 4.79 Å². The Hall–Kier alpha value is -1.28. The third-order valence-electron chi connectivity index (χ3n) is 2.73. The molecule has 1 aliphatic rings. The molecule has 2 rings (SSSR count). The molecule has 3 heteroatoms. The highest BCUT2D eigenvalue weighted by molar-refractivity contribution is 6.30. The monoisotopic (exact) mass is 235 g/mol.